The molecule has 7 rings (SSSR count). The fourth-order valence-corrected chi connectivity index (χ4v) is 8.16. The number of amides is 2. The van der Waals surface area contributed by atoms with Crippen molar-refractivity contribution in [1.82, 2.24) is 29.5 Å². The molecule has 44 heavy (non-hydrogen) atoms. The minimum absolute atomic E-state index is 0.102. The van der Waals surface area contributed by atoms with Crippen molar-refractivity contribution in [2.75, 3.05) is 10.6 Å². The molecule has 10 nitrogen and oxygen atoms in total. The van der Waals surface area contributed by atoms with Gasteiger partial charge in [0, 0.05) is 60.1 Å². The second-order valence-corrected chi connectivity index (χ2v) is 13.5. The highest BCUT2D eigenvalue weighted by Gasteiger charge is 2.29. The second-order valence-electron chi connectivity index (χ2n) is 11.5. The molecule has 4 aromatic heterocycles. The number of carbonyl (C=O) groups excluding carboxylic acids is 2. The Morgan fingerprint density at radius 3 is 1.66 bits per heavy atom. The van der Waals surface area contributed by atoms with E-state index in [0.717, 1.165) is 68.6 Å². The molecule has 0 radical (unpaired) electrons. The Hall–Kier alpha value is -4.42. The summed E-state index contributed by atoms with van der Waals surface area (Å²) in [5.41, 5.74) is 4.18. The molecule has 2 aromatic carbocycles. The van der Waals surface area contributed by atoms with Gasteiger partial charge in [0.05, 0.1) is 12.8 Å². The molecule has 6 aromatic rings. The minimum Gasteiger partial charge on any atom is -0.350 e. The van der Waals surface area contributed by atoms with Gasteiger partial charge < -0.3 is 19.8 Å². The van der Waals surface area contributed by atoms with Crippen molar-refractivity contribution in [2.24, 2.45) is 14.1 Å². The van der Waals surface area contributed by atoms with Crippen molar-refractivity contribution in [2.45, 2.75) is 50.4 Å². The van der Waals surface area contributed by atoms with Gasteiger partial charge in [0.2, 0.25) is 22.1 Å². The first-order valence-corrected chi connectivity index (χ1v) is 16.4. The van der Waals surface area contributed by atoms with E-state index < -0.39 is 0 Å². The maximum Gasteiger partial charge on any atom is 0.230 e. The molecule has 2 amide bonds. The maximum atomic E-state index is 12.9. The highest BCUT2D eigenvalue weighted by Crippen LogP contribution is 2.43. The molecule has 0 saturated heterocycles. The van der Waals surface area contributed by atoms with Crippen molar-refractivity contribution in [3.8, 4) is 0 Å². The monoisotopic (exact) mass is 624 g/mol. The predicted octanol–water partition coefficient (Wildman–Crippen LogP) is 6.18. The van der Waals surface area contributed by atoms with Crippen LogP contribution >= 0.6 is 22.7 Å². The lowest BCUT2D eigenvalue weighted by molar-refractivity contribution is -0.116. The van der Waals surface area contributed by atoms with Gasteiger partial charge in [-0.3, -0.25) is 9.59 Å². The first-order chi connectivity index (χ1) is 21.4. The van der Waals surface area contributed by atoms with Gasteiger partial charge in [-0.1, -0.05) is 65.5 Å². The normalized spacial score (nSPS) is 16.9. The summed E-state index contributed by atoms with van der Waals surface area (Å²) in [6.07, 6.45) is 8.53. The van der Waals surface area contributed by atoms with Crippen LogP contribution in [0.3, 0.4) is 0 Å². The zero-order chi connectivity index (χ0) is 30.2. The van der Waals surface area contributed by atoms with Gasteiger partial charge in [-0.05, 0) is 42.5 Å². The lowest BCUT2D eigenvalue weighted by Crippen LogP contribution is -2.14. The molecule has 0 spiro atoms. The number of aromatic nitrogens is 6. The molecular weight excluding hydrogens is 593 g/mol. The molecule has 1 aliphatic carbocycles. The number of carbonyl (C=O) groups is 2. The van der Waals surface area contributed by atoms with Crippen LogP contribution in [0, 0.1) is 0 Å². The molecule has 0 bridgehead atoms. The molecule has 1 aliphatic rings. The average molecular weight is 625 g/mol. The van der Waals surface area contributed by atoms with E-state index in [0.29, 0.717) is 10.3 Å². The third-order valence-corrected chi connectivity index (χ3v) is 10.4. The number of anilines is 2. The number of hydrogen-bond donors (Lipinski definition) is 2. The number of nitrogens with one attached hydrogen (secondary N) is 2. The van der Waals surface area contributed by atoms with Crippen LogP contribution in [0.2, 0.25) is 0 Å². The summed E-state index contributed by atoms with van der Waals surface area (Å²) < 4.78 is 4.09. The molecule has 1 fully saturated rings. The Labute approximate surface area is 262 Å². The number of nitrogens with zero attached hydrogens (tertiary/aromatic N) is 6. The number of rotatable bonds is 8. The Morgan fingerprint density at radius 2 is 1.18 bits per heavy atom. The first-order valence-electron chi connectivity index (χ1n) is 14.7. The third-order valence-electron chi connectivity index (χ3n) is 8.41. The molecule has 0 aliphatic heterocycles. The fraction of sp³-hybridized carbons (Fsp3) is 0.312. The van der Waals surface area contributed by atoms with Gasteiger partial charge in [-0.2, -0.15) is 0 Å². The Morgan fingerprint density at radius 1 is 0.727 bits per heavy atom. The average Bonchev–Trinajstić information content (AvgIpc) is 3.81. The van der Waals surface area contributed by atoms with Crippen molar-refractivity contribution in [1.29, 1.82) is 0 Å². The van der Waals surface area contributed by atoms with Crippen LogP contribution in [0.1, 0.15) is 58.7 Å². The van der Waals surface area contributed by atoms with E-state index in [-0.39, 0.29) is 36.5 Å². The first kappa shape index (κ1) is 28.4. The van der Waals surface area contributed by atoms with Crippen LogP contribution in [0.25, 0.3) is 21.8 Å². The van der Waals surface area contributed by atoms with Crippen LogP contribution in [-0.2, 0) is 36.5 Å². The Kier molecular flexibility index (Phi) is 7.69. The van der Waals surface area contributed by atoms with E-state index in [2.05, 4.69) is 43.2 Å². The molecular formula is C32H32N8O2S2. The summed E-state index contributed by atoms with van der Waals surface area (Å²) >= 11 is 2.90. The SMILES string of the molecule is Cn1cc(CC(=O)Nc2nnc([C@H]3CCC[C@H](c4nnc(NC(=O)Cc5cn(C)c6ccccc56)s4)C3)s2)c2ccccc21. The van der Waals surface area contributed by atoms with Gasteiger partial charge in [0.1, 0.15) is 10.0 Å². The van der Waals surface area contributed by atoms with Crippen LogP contribution in [-0.4, -0.2) is 41.3 Å². The zero-order valence-corrected chi connectivity index (χ0v) is 26.1. The molecule has 1 saturated carbocycles. The van der Waals surface area contributed by atoms with Crippen LogP contribution in [0.15, 0.2) is 60.9 Å². The van der Waals surface area contributed by atoms with E-state index in [9.17, 15) is 9.59 Å². The molecule has 12 heteroatoms. The molecule has 2 atom stereocenters. The second kappa shape index (κ2) is 11.9. The van der Waals surface area contributed by atoms with Gasteiger partial charge in [-0.15, -0.1) is 20.4 Å². The van der Waals surface area contributed by atoms with E-state index in [1.165, 1.54) is 22.7 Å². The summed E-state index contributed by atoms with van der Waals surface area (Å²) in [5.74, 6) is 0.274. The molecule has 224 valence electrons. The van der Waals surface area contributed by atoms with Crippen molar-refractivity contribution >= 4 is 66.6 Å². The van der Waals surface area contributed by atoms with Crippen molar-refractivity contribution < 1.29 is 9.59 Å². The highest BCUT2D eigenvalue weighted by atomic mass is 32.1. The Balaban J connectivity index is 0.956. The number of hydrogen-bond acceptors (Lipinski definition) is 8. The number of para-hydroxylation sites is 2. The quantitative estimate of drug-likeness (QED) is 0.209. The molecule has 4 heterocycles. The minimum atomic E-state index is -0.102. The fourth-order valence-electron chi connectivity index (χ4n) is 6.34. The topological polar surface area (TPSA) is 120 Å². The summed E-state index contributed by atoms with van der Waals surface area (Å²) in [5, 5.41) is 28.5. The van der Waals surface area contributed by atoms with Gasteiger partial charge in [0.15, 0.2) is 0 Å². The summed E-state index contributed by atoms with van der Waals surface area (Å²) in [7, 11) is 3.98. The van der Waals surface area contributed by atoms with Crippen LogP contribution in [0.4, 0.5) is 10.3 Å². The van der Waals surface area contributed by atoms with Crippen LogP contribution < -0.4 is 10.6 Å². The lowest BCUT2D eigenvalue weighted by atomic mass is 9.82. The van der Waals surface area contributed by atoms with Crippen LogP contribution in [0.5, 0.6) is 0 Å². The lowest BCUT2D eigenvalue weighted by Gasteiger charge is -2.25. The predicted molar refractivity (Wildman–Crippen MR) is 174 cm³/mol. The number of aryl methyl sites for hydroxylation is 2. The van der Waals surface area contributed by atoms with E-state index in [1.807, 2.05) is 72.0 Å². The molecule has 2 N–H and O–H groups in total. The molecule has 0 unspecified atom stereocenters. The largest absolute Gasteiger partial charge is 0.350 e. The van der Waals surface area contributed by atoms with Gasteiger partial charge in [-0.25, -0.2) is 0 Å². The summed E-state index contributed by atoms with van der Waals surface area (Å²) in [6, 6.07) is 16.2. The van der Waals surface area contributed by atoms with Gasteiger partial charge >= 0.3 is 0 Å². The third kappa shape index (κ3) is 5.74. The maximum absolute atomic E-state index is 12.9. The van der Waals surface area contributed by atoms with E-state index in [4.69, 9.17) is 0 Å². The Bertz CT molecular complexity index is 1850. The smallest absolute Gasteiger partial charge is 0.230 e. The summed E-state index contributed by atoms with van der Waals surface area (Å²) in [4.78, 5) is 25.7. The van der Waals surface area contributed by atoms with E-state index >= 15 is 0 Å². The van der Waals surface area contributed by atoms with Crippen molar-refractivity contribution in [3.05, 3.63) is 82.1 Å². The summed E-state index contributed by atoms with van der Waals surface area (Å²) in [6.45, 7) is 0. The standard InChI is InChI=1S/C32H32N8O2S2/c1-39-17-21(23-10-3-5-12-25(23)39)15-27(41)33-31-37-35-29(43-31)19-8-7-9-20(14-19)30-36-38-32(44-30)34-28(42)16-22-18-40(2)26-13-6-4-11-24(22)26/h3-6,10-13,17-20H,7-9,14-16H2,1-2H3,(H,33,37,41)(H,34,38,42)/t19-,20-/m0/s1. The van der Waals surface area contributed by atoms with Gasteiger partial charge in [0.25, 0.3) is 0 Å². The zero-order valence-electron chi connectivity index (χ0n) is 24.5. The van der Waals surface area contributed by atoms with Crippen molar-refractivity contribution in [3.63, 3.8) is 0 Å². The van der Waals surface area contributed by atoms with E-state index in [1.54, 1.807) is 0 Å². The highest BCUT2D eigenvalue weighted by molar-refractivity contribution is 7.15. The number of fused-ring (bicyclic) bond motifs is 2. The number of benzene rings is 2.